The van der Waals surface area contributed by atoms with E-state index in [0.717, 1.165) is 55.1 Å². The summed E-state index contributed by atoms with van der Waals surface area (Å²) in [6.07, 6.45) is 1.68. The first-order valence-corrected chi connectivity index (χ1v) is 8.23. The molecule has 3 rings (SSSR count). The van der Waals surface area contributed by atoms with E-state index in [1.54, 1.807) is 7.11 Å². The van der Waals surface area contributed by atoms with Gasteiger partial charge in [0.2, 0.25) is 5.91 Å². The third-order valence-corrected chi connectivity index (χ3v) is 4.46. The smallest absolute Gasteiger partial charge is 0.227 e. The number of hydrogen-bond acceptors (Lipinski definition) is 4. The van der Waals surface area contributed by atoms with Crippen LogP contribution in [0.3, 0.4) is 0 Å². The summed E-state index contributed by atoms with van der Waals surface area (Å²) in [5, 5.41) is 3.26. The number of carbonyl (C=O) groups is 1. The molecule has 0 spiro atoms. The summed E-state index contributed by atoms with van der Waals surface area (Å²) < 4.78 is 5.23. The van der Waals surface area contributed by atoms with Crippen LogP contribution < -0.4 is 10.1 Å². The van der Waals surface area contributed by atoms with E-state index in [0.29, 0.717) is 6.54 Å². The average molecular weight is 316 g/mol. The first-order valence-electron chi connectivity index (χ1n) is 8.23. The van der Waals surface area contributed by atoms with Crippen LogP contribution in [-0.4, -0.2) is 54.1 Å². The molecule has 2 N–H and O–H groups in total. The van der Waals surface area contributed by atoms with Crippen molar-refractivity contribution in [2.45, 2.75) is 19.8 Å². The highest BCUT2D eigenvalue weighted by atomic mass is 16.5. The van der Waals surface area contributed by atoms with Gasteiger partial charge in [0, 0.05) is 32.1 Å². The Balaban J connectivity index is 1.65. The van der Waals surface area contributed by atoms with Gasteiger partial charge in [0.05, 0.1) is 24.1 Å². The minimum absolute atomic E-state index is 0.134. The van der Waals surface area contributed by atoms with Crippen molar-refractivity contribution in [1.82, 2.24) is 20.2 Å². The van der Waals surface area contributed by atoms with E-state index in [2.05, 4.69) is 15.3 Å². The minimum atomic E-state index is 0.134. The van der Waals surface area contributed by atoms with E-state index in [4.69, 9.17) is 4.74 Å². The molecule has 0 saturated carbocycles. The van der Waals surface area contributed by atoms with Gasteiger partial charge < -0.3 is 19.9 Å². The molecular formula is C17H24N4O2. The fourth-order valence-corrected chi connectivity index (χ4v) is 3.08. The highest BCUT2D eigenvalue weighted by molar-refractivity contribution is 5.79. The van der Waals surface area contributed by atoms with Crippen LogP contribution in [0, 0.1) is 5.92 Å². The Bertz CT molecular complexity index is 676. The van der Waals surface area contributed by atoms with E-state index < -0.39 is 0 Å². The lowest BCUT2D eigenvalue weighted by Gasteiger charge is -2.23. The zero-order valence-electron chi connectivity index (χ0n) is 13.8. The third kappa shape index (κ3) is 3.47. The molecule has 6 nitrogen and oxygen atoms in total. The number of carbonyl (C=O) groups excluding carboxylic acids is 1. The fraction of sp³-hybridized carbons (Fsp3) is 0.529. The van der Waals surface area contributed by atoms with E-state index in [1.165, 1.54) is 0 Å². The largest absolute Gasteiger partial charge is 0.497 e. The average Bonchev–Trinajstić information content (AvgIpc) is 3.23. The zero-order chi connectivity index (χ0) is 16.2. The molecule has 23 heavy (non-hydrogen) atoms. The van der Waals surface area contributed by atoms with Crippen molar-refractivity contribution >= 4 is 16.9 Å². The number of methoxy groups -OCH3 is 1. The topological polar surface area (TPSA) is 70.2 Å². The number of amides is 1. The van der Waals surface area contributed by atoms with Crippen LogP contribution in [0.2, 0.25) is 0 Å². The number of aromatic amines is 1. The van der Waals surface area contributed by atoms with E-state index in [1.807, 2.05) is 30.0 Å². The molecule has 1 aliphatic rings. The summed E-state index contributed by atoms with van der Waals surface area (Å²) >= 11 is 0. The van der Waals surface area contributed by atoms with Gasteiger partial charge in [0.15, 0.2) is 0 Å². The highest BCUT2D eigenvalue weighted by Crippen LogP contribution is 2.19. The number of benzene rings is 1. The monoisotopic (exact) mass is 316 g/mol. The minimum Gasteiger partial charge on any atom is -0.497 e. The van der Waals surface area contributed by atoms with Crippen LogP contribution in [0.15, 0.2) is 18.2 Å². The van der Waals surface area contributed by atoms with Gasteiger partial charge >= 0.3 is 0 Å². The molecule has 1 aromatic carbocycles. The maximum absolute atomic E-state index is 12.5. The lowest BCUT2D eigenvalue weighted by molar-refractivity contribution is -0.134. The number of likely N-dealkylation sites (N-methyl/N-ethyl adjacent to an activating group) is 1. The maximum atomic E-state index is 12.5. The molecule has 1 amide bonds. The van der Waals surface area contributed by atoms with Gasteiger partial charge in [-0.2, -0.15) is 0 Å². The van der Waals surface area contributed by atoms with Crippen molar-refractivity contribution in [3.05, 3.63) is 24.0 Å². The Hall–Kier alpha value is -2.08. The zero-order valence-corrected chi connectivity index (χ0v) is 13.8. The summed E-state index contributed by atoms with van der Waals surface area (Å²) in [5.74, 6) is 2.11. The van der Waals surface area contributed by atoms with E-state index in [-0.39, 0.29) is 11.8 Å². The van der Waals surface area contributed by atoms with Crippen LogP contribution in [0.5, 0.6) is 5.75 Å². The van der Waals surface area contributed by atoms with Crippen LogP contribution in [0.1, 0.15) is 19.2 Å². The van der Waals surface area contributed by atoms with E-state index >= 15 is 0 Å². The van der Waals surface area contributed by atoms with E-state index in [9.17, 15) is 4.79 Å². The molecule has 0 aliphatic carbocycles. The molecule has 2 heterocycles. The second-order valence-electron chi connectivity index (χ2n) is 5.92. The first kappa shape index (κ1) is 15.8. The number of H-pyrrole nitrogens is 1. The number of imidazole rings is 1. The number of rotatable bonds is 6. The van der Waals surface area contributed by atoms with Crippen LogP contribution in [-0.2, 0) is 11.2 Å². The summed E-state index contributed by atoms with van der Waals surface area (Å²) in [6, 6.07) is 5.79. The highest BCUT2D eigenvalue weighted by Gasteiger charge is 2.26. The SMILES string of the molecule is CCN(CCc1nc2ccc(OC)cc2[nH]1)C(=O)[C@H]1CCNC1. The van der Waals surface area contributed by atoms with Crippen LogP contribution in [0.4, 0.5) is 0 Å². The molecule has 124 valence electrons. The lowest BCUT2D eigenvalue weighted by atomic mass is 10.1. The van der Waals surface area contributed by atoms with Crippen molar-refractivity contribution in [1.29, 1.82) is 0 Å². The maximum Gasteiger partial charge on any atom is 0.227 e. The van der Waals surface area contributed by atoms with Crippen molar-refractivity contribution in [3.63, 3.8) is 0 Å². The Morgan fingerprint density at radius 3 is 3.04 bits per heavy atom. The summed E-state index contributed by atoms with van der Waals surface area (Å²) in [5.41, 5.74) is 1.89. The summed E-state index contributed by atoms with van der Waals surface area (Å²) in [7, 11) is 1.65. The van der Waals surface area contributed by atoms with Crippen molar-refractivity contribution < 1.29 is 9.53 Å². The molecule has 1 fully saturated rings. The molecule has 2 aromatic rings. The Kier molecular flexibility index (Phi) is 4.81. The first-order chi connectivity index (χ1) is 11.2. The molecule has 6 heteroatoms. The summed E-state index contributed by atoms with van der Waals surface area (Å²) in [4.78, 5) is 22.3. The Labute approximate surface area is 136 Å². The molecule has 1 atom stereocenters. The van der Waals surface area contributed by atoms with Gasteiger partial charge in [0.1, 0.15) is 11.6 Å². The van der Waals surface area contributed by atoms with Crippen molar-refractivity contribution in [2.24, 2.45) is 5.92 Å². The number of hydrogen-bond donors (Lipinski definition) is 2. The standard InChI is InChI=1S/C17H24N4O2/c1-3-21(17(22)12-6-8-18-11-12)9-7-16-19-14-5-4-13(23-2)10-15(14)20-16/h4-5,10,12,18H,3,6-9,11H2,1-2H3,(H,19,20)/t12-/m0/s1. The number of ether oxygens (including phenoxy) is 1. The Morgan fingerprint density at radius 1 is 1.48 bits per heavy atom. The molecule has 1 aromatic heterocycles. The molecule has 0 unspecified atom stereocenters. The molecular weight excluding hydrogens is 292 g/mol. The van der Waals surface area contributed by atoms with Gasteiger partial charge in [0.25, 0.3) is 0 Å². The normalized spacial score (nSPS) is 17.6. The number of aromatic nitrogens is 2. The van der Waals surface area contributed by atoms with Gasteiger partial charge in [-0.3, -0.25) is 4.79 Å². The predicted molar refractivity (Wildman–Crippen MR) is 89.6 cm³/mol. The van der Waals surface area contributed by atoms with Crippen LogP contribution >= 0.6 is 0 Å². The number of nitrogens with one attached hydrogen (secondary N) is 2. The quantitative estimate of drug-likeness (QED) is 0.849. The fourth-order valence-electron chi connectivity index (χ4n) is 3.08. The van der Waals surface area contributed by atoms with Gasteiger partial charge in [-0.1, -0.05) is 0 Å². The number of nitrogens with zero attached hydrogens (tertiary/aromatic N) is 2. The van der Waals surface area contributed by atoms with Gasteiger partial charge in [-0.05, 0) is 32.0 Å². The van der Waals surface area contributed by atoms with Gasteiger partial charge in [-0.15, -0.1) is 0 Å². The third-order valence-electron chi connectivity index (χ3n) is 4.46. The van der Waals surface area contributed by atoms with Crippen molar-refractivity contribution in [3.8, 4) is 5.75 Å². The molecule has 0 bridgehead atoms. The lowest BCUT2D eigenvalue weighted by Crippen LogP contribution is -2.38. The molecule has 1 aliphatic heterocycles. The summed E-state index contributed by atoms with van der Waals surface area (Å²) in [6.45, 7) is 5.22. The number of fused-ring (bicyclic) bond motifs is 1. The van der Waals surface area contributed by atoms with Crippen molar-refractivity contribution in [2.75, 3.05) is 33.3 Å². The van der Waals surface area contributed by atoms with Gasteiger partial charge in [-0.25, -0.2) is 4.98 Å². The Morgan fingerprint density at radius 2 is 2.35 bits per heavy atom. The second-order valence-corrected chi connectivity index (χ2v) is 5.92. The molecule has 0 radical (unpaired) electrons. The molecule has 1 saturated heterocycles. The second kappa shape index (κ2) is 7.00. The predicted octanol–water partition coefficient (Wildman–Crippen LogP) is 1.57. The van der Waals surface area contributed by atoms with Crippen LogP contribution in [0.25, 0.3) is 11.0 Å².